The fourth-order valence-corrected chi connectivity index (χ4v) is 3.93. The van der Waals surface area contributed by atoms with Gasteiger partial charge < -0.3 is 10.2 Å². The van der Waals surface area contributed by atoms with Crippen molar-refractivity contribution >= 4 is 17.8 Å². The first kappa shape index (κ1) is 16.9. The van der Waals surface area contributed by atoms with Gasteiger partial charge in [-0.1, -0.05) is 18.2 Å². The third-order valence-corrected chi connectivity index (χ3v) is 5.81. The van der Waals surface area contributed by atoms with Crippen molar-refractivity contribution in [1.29, 1.82) is 0 Å². The largest absolute Gasteiger partial charge is 0.334 e. The second-order valence-electron chi connectivity index (χ2n) is 6.26. The molecule has 0 spiro atoms. The molecule has 1 aromatic carbocycles. The van der Waals surface area contributed by atoms with Crippen molar-refractivity contribution < 1.29 is 4.79 Å². The van der Waals surface area contributed by atoms with Crippen LogP contribution in [0.2, 0.25) is 0 Å². The van der Waals surface area contributed by atoms with Gasteiger partial charge in [0.1, 0.15) is 0 Å². The minimum absolute atomic E-state index is 0.0328. The molecule has 1 fully saturated rings. The molecule has 3 rings (SSSR count). The molecule has 2 amide bonds. The second kappa shape index (κ2) is 7.75. The molecule has 128 valence electrons. The first-order valence-corrected chi connectivity index (χ1v) is 9.30. The van der Waals surface area contributed by atoms with Gasteiger partial charge in [0.15, 0.2) is 0 Å². The number of rotatable bonds is 5. The Morgan fingerprint density at radius 1 is 1.38 bits per heavy atom. The van der Waals surface area contributed by atoms with E-state index in [1.54, 1.807) is 0 Å². The van der Waals surface area contributed by atoms with Crippen molar-refractivity contribution in [1.82, 2.24) is 20.0 Å². The number of hydrogen-bond acceptors (Lipinski definition) is 3. The Morgan fingerprint density at radius 2 is 2.17 bits per heavy atom. The molecule has 2 heterocycles. The number of likely N-dealkylation sites (tertiary alicyclic amines) is 1. The molecule has 6 heteroatoms. The average molecular weight is 344 g/mol. The topological polar surface area (TPSA) is 50.2 Å². The first-order valence-electron chi connectivity index (χ1n) is 8.31. The van der Waals surface area contributed by atoms with E-state index in [0.717, 1.165) is 36.5 Å². The highest BCUT2D eigenvalue weighted by Gasteiger charge is 2.26. The summed E-state index contributed by atoms with van der Waals surface area (Å²) in [5, 5.41) is 7.22. The zero-order valence-electron chi connectivity index (χ0n) is 14.2. The predicted molar refractivity (Wildman–Crippen MR) is 97.0 cm³/mol. The fourth-order valence-electron chi connectivity index (χ4n) is 2.88. The van der Waals surface area contributed by atoms with E-state index >= 15 is 0 Å². The Labute approximate surface area is 147 Å². The van der Waals surface area contributed by atoms with Crippen molar-refractivity contribution in [2.24, 2.45) is 13.0 Å². The molecule has 1 atom stereocenters. The molecule has 0 radical (unpaired) electrons. The average Bonchev–Trinajstić information content (AvgIpc) is 3.20. The number of urea groups is 1. The van der Waals surface area contributed by atoms with Gasteiger partial charge in [-0.2, -0.15) is 5.10 Å². The van der Waals surface area contributed by atoms with E-state index in [0.29, 0.717) is 12.5 Å². The molecule has 1 N–H and O–H groups in total. The Bertz CT molecular complexity index is 686. The zero-order chi connectivity index (χ0) is 16.9. The van der Waals surface area contributed by atoms with Crippen molar-refractivity contribution in [2.75, 3.05) is 18.8 Å². The lowest BCUT2D eigenvalue weighted by atomic mass is 10.2. The second-order valence-corrected chi connectivity index (χ2v) is 7.36. The van der Waals surface area contributed by atoms with Crippen LogP contribution in [0.3, 0.4) is 0 Å². The van der Waals surface area contributed by atoms with Crippen LogP contribution in [0.4, 0.5) is 4.79 Å². The first-order chi connectivity index (χ1) is 11.6. The van der Waals surface area contributed by atoms with Crippen LogP contribution in [0, 0.1) is 12.8 Å². The predicted octanol–water partition coefficient (Wildman–Crippen LogP) is 3.05. The summed E-state index contributed by atoms with van der Waals surface area (Å²) < 4.78 is 1.83. The molecule has 5 nitrogen and oxygen atoms in total. The number of carbonyl (C=O) groups excluding carboxylic acids is 1. The summed E-state index contributed by atoms with van der Waals surface area (Å²) in [5.41, 5.74) is 2.16. The lowest BCUT2D eigenvalue weighted by Gasteiger charge is -2.17. The van der Waals surface area contributed by atoms with Crippen LogP contribution < -0.4 is 5.32 Å². The summed E-state index contributed by atoms with van der Waals surface area (Å²) in [4.78, 5) is 15.6. The number of nitrogens with zero attached hydrogens (tertiary/aromatic N) is 3. The van der Waals surface area contributed by atoms with Crippen LogP contribution >= 0.6 is 11.8 Å². The molecular formula is C18H24N4OS. The van der Waals surface area contributed by atoms with Crippen LogP contribution in [0.15, 0.2) is 41.4 Å². The van der Waals surface area contributed by atoms with Crippen molar-refractivity contribution in [3.05, 3.63) is 47.8 Å². The smallest absolute Gasteiger partial charge is 0.317 e. The molecule has 1 aliphatic rings. The van der Waals surface area contributed by atoms with Crippen LogP contribution in [0.5, 0.6) is 0 Å². The van der Waals surface area contributed by atoms with Gasteiger partial charge in [-0.15, -0.1) is 11.8 Å². The minimum Gasteiger partial charge on any atom is -0.334 e. The summed E-state index contributed by atoms with van der Waals surface area (Å²) in [6, 6.07) is 10.5. The number of thioether (sulfide) groups is 1. The highest BCUT2D eigenvalue weighted by Crippen LogP contribution is 2.25. The van der Waals surface area contributed by atoms with Gasteiger partial charge in [-0.3, -0.25) is 4.68 Å². The van der Waals surface area contributed by atoms with Crippen LogP contribution in [0.1, 0.15) is 17.7 Å². The van der Waals surface area contributed by atoms with Crippen LogP contribution in [-0.2, 0) is 13.6 Å². The number of amides is 2. The Balaban J connectivity index is 1.43. The van der Waals surface area contributed by atoms with E-state index in [2.05, 4.69) is 34.7 Å². The van der Waals surface area contributed by atoms with Crippen molar-refractivity contribution in [3.63, 3.8) is 0 Å². The van der Waals surface area contributed by atoms with Gasteiger partial charge in [0.05, 0.1) is 6.20 Å². The lowest BCUT2D eigenvalue weighted by Crippen LogP contribution is -2.38. The van der Waals surface area contributed by atoms with E-state index in [1.807, 2.05) is 47.6 Å². The van der Waals surface area contributed by atoms with E-state index in [9.17, 15) is 4.79 Å². The van der Waals surface area contributed by atoms with E-state index in [-0.39, 0.29) is 6.03 Å². The maximum absolute atomic E-state index is 12.3. The third kappa shape index (κ3) is 4.12. The Morgan fingerprint density at radius 3 is 2.88 bits per heavy atom. The molecular weight excluding hydrogens is 320 g/mol. The van der Waals surface area contributed by atoms with Crippen molar-refractivity contribution in [2.45, 2.75) is 24.8 Å². The molecule has 0 aliphatic carbocycles. The minimum atomic E-state index is 0.0328. The van der Waals surface area contributed by atoms with Gasteiger partial charge in [-0.25, -0.2) is 4.79 Å². The maximum atomic E-state index is 12.3. The lowest BCUT2D eigenvalue weighted by molar-refractivity contribution is 0.207. The molecule has 0 bridgehead atoms. The van der Waals surface area contributed by atoms with E-state index < -0.39 is 0 Å². The quantitative estimate of drug-likeness (QED) is 0.848. The summed E-state index contributed by atoms with van der Waals surface area (Å²) in [7, 11) is 1.91. The molecule has 0 saturated carbocycles. The number of carbonyl (C=O) groups is 1. The van der Waals surface area contributed by atoms with Gasteiger partial charge in [0, 0.05) is 48.6 Å². The highest BCUT2D eigenvalue weighted by atomic mass is 32.2. The van der Waals surface area contributed by atoms with Gasteiger partial charge in [0.2, 0.25) is 0 Å². The van der Waals surface area contributed by atoms with Gasteiger partial charge >= 0.3 is 6.03 Å². The highest BCUT2D eigenvalue weighted by molar-refractivity contribution is 7.99. The fraction of sp³-hybridized carbons (Fsp3) is 0.444. The molecule has 0 unspecified atom stereocenters. The Hall–Kier alpha value is -1.95. The molecule has 1 aliphatic heterocycles. The number of hydrogen-bond donors (Lipinski definition) is 1. The summed E-state index contributed by atoms with van der Waals surface area (Å²) in [6.45, 7) is 4.25. The number of aryl methyl sites for hydroxylation is 1. The molecule has 24 heavy (non-hydrogen) atoms. The van der Waals surface area contributed by atoms with Gasteiger partial charge in [0.25, 0.3) is 0 Å². The standard InChI is InChI=1S/C18H24N4OS/c1-14-16(11-20-21(14)2)10-19-18(23)22-9-8-15(12-22)13-24-17-6-4-3-5-7-17/h3-7,11,15H,8-10,12-13H2,1-2H3,(H,19,23)/t15-/m0/s1. The summed E-state index contributed by atoms with van der Waals surface area (Å²) in [5.74, 6) is 1.64. The zero-order valence-corrected chi connectivity index (χ0v) is 15.1. The number of aromatic nitrogens is 2. The molecule has 2 aromatic rings. The monoisotopic (exact) mass is 344 g/mol. The van der Waals surface area contributed by atoms with Crippen LogP contribution in [-0.4, -0.2) is 39.6 Å². The molecule has 1 aromatic heterocycles. The SMILES string of the molecule is Cc1c(CNC(=O)N2CC[C@H](CSc3ccccc3)C2)cnn1C. The Kier molecular flexibility index (Phi) is 5.45. The number of nitrogens with one attached hydrogen (secondary N) is 1. The summed E-state index contributed by atoms with van der Waals surface area (Å²) >= 11 is 1.88. The summed E-state index contributed by atoms with van der Waals surface area (Å²) in [6.07, 6.45) is 2.90. The van der Waals surface area contributed by atoms with E-state index in [4.69, 9.17) is 0 Å². The normalized spacial score (nSPS) is 17.2. The van der Waals surface area contributed by atoms with E-state index in [1.165, 1.54) is 4.90 Å². The maximum Gasteiger partial charge on any atom is 0.317 e. The van der Waals surface area contributed by atoms with Crippen LogP contribution in [0.25, 0.3) is 0 Å². The van der Waals surface area contributed by atoms with Gasteiger partial charge in [-0.05, 0) is 31.4 Å². The third-order valence-electron chi connectivity index (χ3n) is 4.57. The number of benzene rings is 1. The van der Waals surface area contributed by atoms with Crippen molar-refractivity contribution in [3.8, 4) is 0 Å². The molecule has 1 saturated heterocycles.